The molecule has 0 bridgehead atoms. The van der Waals surface area contributed by atoms with Gasteiger partial charge in [-0.05, 0) is 55.3 Å². The Hall–Kier alpha value is -2.11. The van der Waals surface area contributed by atoms with Crippen LogP contribution in [0.3, 0.4) is 0 Å². The van der Waals surface area contributed by atoms with Gasteiger partial charge in [-0.2, -0.15) is 0 Å². The second kappa shape index (κ2) is 10.1. The normalized spacial score (nSPS) is 10.5. The van der Waals surface area contributed by atoms with Crippen molar-refractivity contribution in [2.24, 2.45) is 0 Å². The van der Waals surface area contributed by atoms with Gasteiger partial charge in [0.25, 0.3) is 0 Å². The van der Waals surface area contributed by atoms with Crippen molar-refractivity contribution in [3.8, 4) is 23.0 Å². The van der Waals surface area contributed by atoms with Gasteiger partial charge in [0.05, 0.1) is 33.0 Å². The molecule has 26 heavy (non-hydrogen) atoms. The molecule has 0 aliphatic heterocycles. The third-order valence-corrected chi connectivity index (χ3v) is 4.23. The molecule has 0 heterocycles. The van der Waals surface area contributed by atoms with Crippen LogP contribution < -0.4 is 24.3 Å². The van der Waals surface area contributed by atoms with E-state index in [9.17, 15) is 0 Å². The van der Waals surface area contributed by atoms with Gasteiger partial charge in [0.1, 0.15) is 0 Å². The number of hydrogen-bond donors (Lipinski definition) is 1. The molecule has 0 spiro atoms. The fourth-order valence-corrected chi connectivity index (χ4v) is 2.95. The summed E-state index contributed by atoms with van der Waals surface area (Å²) in [6.45, 7) is 3.97. The summed E-state index contributed by atoms with van der Waals surface area (Å²) in [7, 11) is 4.89. The van der Waals surface area contributed by atoms with E-state index in [0.717, 1.165) is 30.0 Å². The number of nitrogens with one attached hydrogen (secondary N) is 1. The molecular weight excluding hydrogens is 354 g/mol. The van der Waals surface area contributed by atoms with E-state index < -0.39 is 0 Å². The standard InChI is InChI=1S/C20H26ClNO4/c1-5-26-20-16(21)10-15(12-19(20)25-4)13-22-9-8-14-6-7-17(23-2)18(11-14)24-3/h6-7,10-12,22H,5,8-9,13H2,1-4H3. The van der Waals surface area contributed by atoms with Gasteiger partial charge in [-0.3, -0.25) is 0 Å². The molecule has 2 aromatic carbocycles. The van der Waals surface area contributed by atoms with Gasteiger partial charge < -0.3 is 24.3 Å². The molecule has 1 N–H and O–H groups in total. The van der Waals surface area contributed by atoms with Crippen LogP contribution in [-0.2, 0) is 13.0 Å². The molecule has 0 atom stereocenters. The molecule has 5 nitrogen and oxygen atoms in total. The maximum Gasteiger partial charge on any atom is 0.179 e. The highest BCUT2D eigenvalue weighted by molar-refractivity contribution is 6.32. The lowest BCUT2D eigenvalue weighted by Gasteiger charge is -2.14. The van der Waals surface area contributed by atoms with E-state index in [1.165, 1.54) is 5.56 Å². The van der Waals surface area contributed by atoms with E-state index in [1.807, 2.05) is 37.3 Å². The zero-order chi connectivity index (χ0) is 18.9. The van der Waals surface area contributed by atoms with E-state index >= 15 is 0 Å². The summed E-state index contributed by atoms with van der Waals surface area (Å²) < 4.78 is 21.5. The van der Waals surface area contributed by atoms with Gasteiger partial charge in [0, 0.05) is 6.54 Å². The van der Waals surface area contributed by atoms with Crippen molar-refractivity contribution in [3.63, 3.8) is 0 Å². The van der Waals surface area contributed by atoms with Crippen molar-refractivity contribution < 1.29 is 18.9 Å². The Morgan fingerprint density at radius 1 is 0.885 bits per heavy atom. The molecule has 2 aromatic rings. The van der Waals surface area contributed by atoms with Gasteiger partial charge in [-0.1, -0.05) is 17.7 Å². The van der Waals surface area contributed by atoms with E-state index in [2.05, 4.69) is 5.32 Å². The van der Waals surface area contributed by atoms with Crippen molar-refractivity contribution in [3.05, 3.63) is 46.5 Å². The Morgan fingerprint density at radius 2 is 1.58 bits per heavy atom. The average molecular weight is 380 g/mol. The number of halogens is 1. The average Bonchev–Trinajstić information content (AvgIpc) is 2.66. The summed E-state index contributed by atoms with van der Waals surface area (Å²) in [5, 5.41) is 3.98. The number of hydrogen-bond acceptors (Lipinski definition) is 5. The molecule has 0 saturated heterocycles. The van der Waals surface area contributed by atoms with Crippen molar-refractivity contribution in [1.29, 1.82) is 0 Å². The maximum absolute atomic E-state index is 6.30. The second-order valence-corrected chi connectivity index (χ2v) is 6.07. The maximum atomic E-state index is 6.30. The zero-order valence-corrected chi connectivity index (χ0v) is 16.5. The second-order valence-electron chi connectivity index (χ2n) is 5.66. The summed E-state index contributed by atoms with van der Waals surface area (Å²) in [6, 6.07) is 9.81. The van der Waals surface area contributed by atoms with E-state index in [1.54, 1.807) is 21.3 Å². The Morgan fingerprint density at radius 3 is 2.23 bits per heavy atom. The molecule has 0 unspecified atom stereocenters. The predicted molar refractivity (Wildman–Crippen MR) is 104 cm³/mol. The first-order valence-electron chi connectivity index (χ1n) is 8.53. The topological polar surface area (TPSA) is 49.0 Å². The monoisotopic (exact) mass is 379 g/mol. The highest BCUT2D eigenvalue weighted by Gasteiger charge is 2.11. The SMILES string of the molecule is CCOc1c(Cl)cc(CNCCc2ccc(OC)c(OC)c2)cc1OC. The molecule has 0 radical (unpaired) electrons. The molecular formula is C20H26ClNO4. The summed E-state index contributed by atoms with van der Waals surface area (Å²) in [6.07, 6.45) is 0.877. The molecule has 6 heteroatoms. The highest BCUT2D eigenvalue weighted by Crippen LogP contribution is 2.36. The number of ether oxygens (including phenoxy) is 4. The van der Waals surface area contributed by atoms with Crippen LogP contribution in [0.2, 0.25) is 5.02 Å². The molecule has 0 saturated carbocycles. The summed E-state index contributed by atoms with van der Waals surface area (Å²) in [5.41, 5.74) is 2.22. The van der Waals surface area contributed by atoms with Crippen molar-refractivity contribution >= 4 is 11.6 Å². The smallest absolute Gasteiger partial charge is 0.179 e. The van der Waals surface area contributed by atoms with Crippen LogP contribution in [0.4, 0.5) is 0 Å². The van der Waals surface area contributed by atoms with Crippen LogP contribution in [0, 0.1) is 0 Å². The van der Waals surface area contributed by atoms with E-state index in [4.69, 9.17) is 30.5 Å². The molecule has 0 aliphatic rings. The summed E-state index contributed by atoms with van der Waals surface area (Å²) in [5.74, 6) is 2.72. The van der Waals surface area contributed by atoms with E-state index in [0.29, 0.717) is 29.7 Å². The zero-order valence-electron chi connectivity index (χ0n) is 15.7. The number of benzene rings is 2. The van der Waals surface area contributed by atoms with Crippen LogP contribution in [0.5, 0.6) is 23.0 Å². The molecule has 0 aliphatic carbocycles. The molecule has 2 rings (SSSR count). The van der Waals surface area contributed by atoms with Gasteiger partial charge >= 0.3 is 0 Å². The first-order chi connectivity index (χ1) is 12.6. The predicted octanol–water partition coefficient (Wildman–Crippen LogP) is 4.10. The first-order valence-corrected chi connectivity index (χ1v) is 8.91. The summed E-state index contributed by atoms with van der Waals surface area (Å²) in [4.78, 5) is 0. The Bertz CT molecular complexity index is 721. The minimum Gasteiger partial charge on any atom is -0.493 e. The van der Waals surface area contributed by atoms with Crippen LogP contribution in [-0.4, -0.2) is 34.5 Å². The molecule has 0 amide bonds. The van der Waals surface area contributed by atoms with Gasteiger partial charge in [0.2, 0.25) is 0 Å². The van der Waals surface area contributed by atoms with Crippen LogP contribution in [0.25, 0.3) is 0 Å². The van der Waals surface area contributed by atoms with Crippen LogP contribution in [0.15, 0.2) is 30.3 Å². The molecule has 142 valence electrons. The molecule has 0 aromatic heterocycles. The first kappa shape index (κ1) is 20.2. The van der Waals surface area contributed by atoms with E-state index in [-0.39, 0.29) is 0 Å². The fourth-order valence-electron chi connectivity index (χ4n) is 2.66. The minimum absolute atomic E-state index is 0.541. The fraction of sp³-hybridized carbons (Fsp3) is 0.400. The highest BCUT2D eigenvalue weighted by atomic mass is 35.5. The Labute approximate surface area is 160 Å². The van der Waals surface area contributed by atoms with Gasteiger partial charge in [-0.15, -0.1) is 0 Å². The van der Waals surface area contributed by atoms with Crippen molar-refractivity contribution in [2.75, 3.05) is 34.5 Å². The minimum atomic E-state index is 0.541. The lowest BCUT2D eigenvalue weighted by Crippen LogP contribution is -2.17. The Kier molecular flexibility index (Phi) is 7.88. The van der Waals surface area contributed by atoms with Crippen LogP contribution in [0.1, 0.15) is 18.1 Å². The summed E-state index contributed by atoms with van der Waals surface area (Å²) >= 11 is 6.30. The third kappa shape index (κ3) is 5.19. The quantitative estimate of drug-likeness (QED) is 0.630. The van der Waals surface area contributed by atoms with Crippen molar-refractivity contribution in [1.82, 2.24) is 5.32 Å². The molecule has 0 fully saturated rings. The van der Waals surface area contributed by atoms with Gasteiger partial charge in [0.15, 0.2) is 23.0 Å². The number of methoxy groups -OCH3 is 3. The lowest BCUT2D eigenvalue weighted by atomic mass is 10.1. The number of rotatable bonds is 10. The largest absolute Gasteiger partial charge is 0.493 e. The van der Waals surface area contributed by atoms with Crippen molar-refractivity contribution in [2.45, 2.75) is 19.9 Å². The Balaban J connectivity index is 1.93. The lowest BCUT2D eigenvalue weighted by molar-refractivity contribution is 0.311. The van der Waals surface area contributed by atoms with Crippen LogP contribution >= 0.6 is 11.6 Å². The third-order valence-electron chi connectivity index (χ3n) is 3.95. The van der Waals surface area contributed by atoms with Gasteiger partial charge in [-0.25, -0.2) is 0 Å².